The first-order valence-corrected chi connectivity index (χ1v) is 6.46. The molecule has 0 spiro atoms. The summed E-state index contributed by atoms with van der Waals surface area (Å²) in [5.74, 6) is 0.900. The van der Waals surface area contributed by atoms with Gasteiger partial charge in [-0.2, -0.15) is 4.90 Å². The van der Waals surface area contributed by atoms with E-state index in [1.54, 1.807) is 0 Å². The second kappa shape index (κ2) is 6.36. The fourth-order valence-electron chi connectivity index (χ4n) is 2.11. The average molecular weight is 262 g/mol. The Bertz CT molecular complexity index is 460. The maximum Gasteiger partial charge on any atom is 0.357 e. The number of rotatable bonds is 2. The van der Waals surface area contributed by atoms with Crippen molar-refractivity contribution < 1.29 is 9.37 Å². The number of carbonyl (C=O) groups excluding carboxylic acids is 1. The van der Waals surface area contributed by atoms with Gasteiger partial charge < -0.3 is 0 Å². The van der Waals surface area contributed by atoms with Crippen LogP contribution in [0.5, 0.6) is 0 Å². The number of amides is 1. The fourth-order valence-corrected chi connectivity index (χ4v) is 2.11. The van der Waals surface area contributed by atoms with Gasteiger partial charge in [0, 0.05) is 0 Å². The van der Waals surface area contributed by atoms with Crippen LogP contribution in [-0.2, 0) is 0 Å². The van der Waals surface area contributed by atoms with Crippen molar-refractivity contribution in [2.75, 3.05) is 28.2 Å². The highest BCUT2D eigenvalue weighted by atomic mass is 16.2. The molecule has 4 heteroatoms. The molecular formula is C15H24N3O+. The lowest BCUT2D eigenvalue weighted by Gasteiger charge is -2.26. The van der Waals surface area contributed by atoms with Gasteiger partial charge in [-0.1, -0.05) is 18.2 Å². The summed E-state index contributed by atoms with van der Waals surface area (Å²) < 4.78 is 1.96. The smallest absolute Gasteiger partial charge is 0.270 e. The summed E-state index contributed by atoms with van der Waals surface area (Å²) in [6, 6.07) is 9.47. The zero-order valence-electron chi connectivity index (χ0n) is 12.7. The first-order valence-electron chi connectivity index (χ1n) is 6.46. The predicted molar refractivity (Wildman–Crippen MR) is 78.5 cm³/mol. The molecule has 1 aromatic rings. The van der Waals surface area contributed by atoms with E-state index in [1.807, 2.05) is 86.7 Å². The van der Waals surface area contributed by atoms with E-state index >= 15 is 0 Å². The molecule has 1 rings (SSSR count). The quantitative estimate of drug-likeness (QED) is 0.461. The van der Waals surface area contributed by atoms with Crippen LogP contribution in [0.25, 0.3) is 0 Å². The van der Waals surface area contributed by atoms with Crippen LogP contribution in [-0.4, -0.2) is 60.5 Å². The van der Waals surface area contributed by atoms with E-state index in [0.29, 0.717) is 5.56 Å². The zero-order chi connectivity index (χ0) is 14.6. The SMILES string of the molecule is CC(C)N(C(=O)c1ccccc1)C(N(C)C)=[N+](C)C. The summed E-state index contributed by atoms with van der Waals surface area (Å²) in [6.45, 7) is 4.04. The summed E-state index contributed by atoms with van der Waals surface area (Å²) in [7, 11) is 7.79. The second-order valence-electron chi connectivity index (χ2n) is 5.22. The van der Waals surface area contributed by atoms with Crippen LogP contribution in [0.2, 0.25) is 0 Å². The van der Waals surface area contributed by atoms with E-state index in [-0.39, 0.29) is 11.9 Å². The van der Waals surface area contributed by atoms with Gasteiger partial charge >= 0.3 is 11.9 Å². The van der Waals surface area contributed by atoms with Crippen LogP contribution in [0.1, 0.15) is 24.2 Å². The van der Waals surface area contributed by atoms with Crippen molar-refractivity contribution in [3.05, 3.63) is 35.9 Å². The van der Waals surface area contributed by atoms with Gasteiger partial charge in [0.1, 0.15) is 0 Å². The number of guanidine groups is 1. The average Bonchev–Trinajstić information content (AvgIpc) is 2.34. The van der Waals surface area contributed by atoms with E-state index in [0.717, 1.165) is 5.96 Å². The van der Waals surface area contributed by atoms with Crippen LogP contribution in [0, 0.1) is 0 Å². The maximum absolute atomic E-state index is 12.7. The summed E-state index contributed by atoms with van der Waals surface area (Å²) in [5, 5.41) is 0. The Hall–Kier alpha value is -1.84. The molecule has 0 fully saturated rings. The lowest BCUT2D eigenvalue weighted by Crippen LogP contribution is -2.51. The third kappa shape index (κ3) is 3.56. The highest BCUT2D eigenvalue weighted by Crippen LogP contribution is 2.10. The van der Waals surface area contributed by atoms with Gasteiger partial charge in [-0.25, -0.2) is 0 Å². The van der Waals surface area contributed by atoms with Crippen LogP contribution in [0.15, 0.2) is 30.3 Å². The van der Waals surface area contributed by atoms with Gasteiger partial charge in [-0.3, -0.25) is 14.3 Å². The Labute approximate surface area is 116 Å². The number of benzene rings is 1. The molecule has 0 N–H and O–H groups in total. The molecule has 0 bridgehead atoms. The van der Waals surface area contributed by atoms with Gasteiger partial charge in [-0.05, 0) is 26.0 Å². The standard InChI is InChI=1S/C15H24N3O/c1-12(2)18(15(16(3)4)17(5)6)14(19)13-10-8-7-9-11-13/h7-12H,1-6H3/q+1. The topological polar surface area (TPSA) is 26.6 Å². The molecule has 0 saturated carbocycles. The largest absolute Gasteiger partial charge is 0.357 e. The van der Waals surface area contributed by atoms with Crippen molar-refractivity contribution in [1.29, 1.82) is 0 Å². The van der Waals surface area contributed by atoms with E-state index in [2.05, 4.69) is 0 Å². The third-order valence-electron chi connectivity index (χ3n) is 2.77. The number of hydrogen-bond acceptors (Lipinski definition) is 1. The van der Waals surface area contributed by atoms with Crippen molar-refractivity contribution in [2.45, 2.75) is 19.9 Å². The molecule has 0 aliphatic heterocycles. The molecule has 0 unspecified atom stereocenters. The minimum absolute atomic E-state index is 0.0213. The van der Waals surface area contributed by atoms with Gasteiger partial charge in [0.25, 0.3) is 0 Å². The minimum atomic E-state index is 0.0213. The lowest BCUT2D eigenvalue weighted by atomic mass is 10.2. The second-order valence-corrected chi connectivity index (χ2v) is 5.22. The Balaban J connectivity index is 3.23. The normalized spacial score (nSPS) is 10.3. The molecular weight excluding hydrogens is 238 g/mol. The van der Waals surface area contributed by atoms with Gasteiger partial charge in [0.05, 0.1) is 39.8 Å². The molecule has 0 heterocycles. The molecule has 4 nitrogen and oxygen atoms in total. The number of hydrogen-bond donors (Lipinski definition) is 0. The molecule has 0 radical (unpaired) electrons. The molecule has 1 amide bonds. The first kappa shape index (κ1) is 15.2. The maximum atomic E-state index is 12.7. The Morgan fingerprint density at radius 2 is 1.63 bits per heavy atom. The molecule has 0 aliphatic rings. The molecule has 0 aliphatic carbocycles. The van der Waals surface area contributed by atoms with Crippen molar-refractivity contribution in [3.63, 3.8) is 0 Å². The van der Waals surface area contributed by atoms with Crippen LogP contribution in [0.3, 0.4) is 0 Å². The summed E-state index contributed by atoms with van der Waals surface area (Å²) in [5.41, 5.74) is 0.706. The van der Waals surface area contributed by atoms with Gasteiger partial charge in [0.15, 0.2) is 0 Å². The summed E-state index contributed by atoms with van der Waals surface area (Å²) in [6.07, 6.45) is 0. The van der Waals surface area contributed by atoms with E-state index in [4.69, 9.17) is 0 Å². The van der Waals surface area contributed by atoms with Crippen LogP contribution < -0.4 is 0 Å². The number of nitrogens with zero attached hydrogens (tertiary/aromatic N) is 3. The molecule has 19 heavy (non-hydrogen) atoms. The van der Waals surface area contributed by atoms with Crippen molar-refractivity contribution in [2.24, 2.45) is 0 Å². The van der Waals surface area contributed by atoms with Crippen molar-refractivity contribution in [1.82, 2.24) is 9.80 Å². The van der Waals surface area contributed by atoms with E-state index in [9.17, 15) is 4.79 Å². The molecule has 1 aromatic carbocycles. The van der Waals surface area contributed by atoms with Crippen LogP contribution in [0.4, 0.5) is 0 Å². The molecule has 0 atom stereocenters. The minimum Gasteiger partial charge on any atom is -0.270 e. The van der Waals surface area contributed by atoms with Crippen LogP contribution >= 0.6 is 0 Å². The van der Waals surface area contributed by atoms with E-state index < -0.39 is 0 Å². The zero-order valence-corrected chi connectivity index (χ0v) is 12.7. The molecule has 0 aromatic heterocycles. The summed E-state index contributed by atoms with van der Waals surface area (Å²) >= 11 is 0. The fraction of sp³-hybridized carbons (Fsp3) is 0.467. The molecule has 0 saturated heterocycles. The Morgan fingerprint density at radius 1 is 1.11 bits per heavy atom. The monoisotopic (exact) mass is 262 g/mol. The highest BCUT2D eigenvalue weighted by molar-refractivity contribution is 6.04. The summed E-state index contributed by atoms with van der Waals surface area (Å²) in [4.78, 5) is 16.5. The third-order valence-corrected chi connectivity index (χ3v) is 2.77. The van der Waals surface area contributed by atoms with Gasteiger partial charge in [-0.15, -0.1) is 0 Å². The van der Waals surface area contributed by atoms with Crippen molar-refractivity contribution >= 4 is 11.9 Å². The lowest BCUT2D eigenvalue weighted by molar-refractivity contribution is -0.475. The van der Waals surface area contributed by atoms with E-state index in [1.165, 1.54) is 0 Å². The van der Waals surface area contributed by atoms with Gasteiger partial charge in [0.2, 0.25) is 0 Å². The Morgan fingerprint density at radius 3 is 2.00 bits per heavy atom. The highest BCUT2D eigenvalue weighted by Gasteiger charge is 2.32. The predicted octanol–water partition coefficient (Wildman–Crippen LogP) is 1.73. The Kier molecular flexibility index (Phi) is 5.10. The number of carbonyl (C=O) groups is 1. The van der Waals surface area contributed by atoms with Crippen molar-refractivity contribution in [3.8, 4) is 0 Å². The molecule has 104 valence electrons. The first-order chi connectivity index (χ1) is 8.86.